The molecule has 1 aliphatic carbocycles. The van der Waals surface area contributed by atoms with Crippen molar-refractivity contribution in [1.29, 1.82) is 0 Å². The molecule has 1 saturated heterocycles. The average Bonchev–Trinajstić information content (AvgIpc) is 2.09. The Morgan fingerprint density at radius 3 is 2.78 bits per heavy atom. The summed E-state index contributed by atoms with van der Waals surface area (Å²) >= 11 is 0. The molecule has 0 spiro atoms. The van der Waals surface area contributed by atoms with Crippen LogP contribution in [0.25, 0.3) is 0 Å². The highest BCUT2D eigenvalue weighted by Crippen LogP contribution is 2.32. The van der Waals surface area contributed by atoms with Crippen molar-refractivity contribution in [3.63, 3.8) is 0 Å². The average molecular weight is 127 g/mol. The fourth-order valence-electron chi connectivity index (χ4n) is 2.07. The van der Waals surface area contributed by atoms with Crippen LogP contribution in [0.2, 0.25) is 0 Å². The highest BCUT2D eigenvalue weighted by atomic mass is 16.3. The molecule has 9 heavy (non-hydrogen) atoms. The third-order valence-corrected chi connectivity index (χ3v) is 2.59. The van der Waals surface area contributed by atoms with Crippen molar-refractivity contribution >= 4 is 0 Å². The first-order valence-corrected chi connectivity index (χ1v) is 3.75. The first-order valence-electron chi connectivity index (χ1n) is 3.75. The molecule has 2 N–H and O–H groups in total. The second kappa shape index (κ2) is 1.96. The second-order valence-corrected chi connectivity index (χ2v) is 3.32. The highest BCUT2D eigenvalue weighted by molar-refractivity contribution is 4.89. The van der Waals surface area contributed by atoms with Gasteiger partial charge in [-0.15, -0.1) is 0 Å². The number of aliphatic hydroxyl groups is 1. The van der Waals surface area contributed by atoms with Gasteiger partial charge in [-0.25, -0.2) is 0 Å². The molecule has 0 radical (unpaired) electrons. The molecule has 3 atom stereocenters. The minimum Gasteiger partial charge on any atom is -0.393 e. The molecule has 1 aliphatic heterocycles. The van der Waals surface area contributed by atoms with Crippen molar-refractivity contribution < 1.29 is 5.11 Å². The van der Waals surface area contributed by atoms with Crippen molar-refractivity contribution in [3.8, 4) is 0 Å². The van der Waals surface area contributed by atoms with E-state index < -0.39 is 0 Å². The van der Waals surface area contributed by atoms with Gasteiger partial charge in [0.1, 0.15) is 0 Å². The summed E-state index contributed by atoms with van der Waals surface area (Å²) in [5, 5.41) is 12.7. The van der Waals surface area contributed by atoms with Gasteiger partial charge in [-0.3, -0.25) is 0 Å². The summed E-state index contributed by atoms with van der Waals surface area (Å²) in [6.45, 7) is 2.17. The minimum atomic E-state index is 0.00463. The van der Waals surface area contributed by atoms with Crippen LogP contribution in [0.1, 0.15) is 12.8 Å². The van der Waals surface area contributed by atoms with E-state index in [0.29, 0.717) is 5.92 Å². The Morgan fingerprint density at radius 2 is 2.11 bits per heavy atom. The molecule has 2 aliphatic rings. The van der Waals surface area contributed by atoms with E-state index >= 15 is 0 Å². The van der Waals surface area contributed by atoms with Crippen LogP contribution in [0, 0.1) is 11.8 Å². The SMILES string of the molecule is O[C@H]1C[C@H]2CNC[C@@H]1C2. The third-order valence-electron chi connectivity index (χ3n) is 2.59. The van der Waals surface area contributed by atoms with Crippen molar-refractivity contribution in [2.45, 2.75) is 18.9 Å². The Labute approximate surface area is 55.3 Å². The standard InChI is InChI=1S/C7H13NO/c9-7-2-5-1-6(7)4-8-3-5/h5-9H,1-4H2/t5-,6-,7-/m0/s1. The van der Waals surface area contributed by atoms with Crippen LogP contribution in [0.4, 0.5) is 0 Å². The molecular formula is C7H13NO. The van der Waals surface area contributed by atoms with Crippen LogP contribution in [0.5, 0.6) is 0 Å². The topological polar surface area (TPSA) is 32.3 Å². The lowest BCUT2D eigenvalue weighted by atomic mass is 10.0. The van der Waals surface area contributed by atoms with Gasteiger partial charge >= 0.3 is 0 Å². The molecular weight excluding hydrogens is 114 g/mol. The lowest BCUT2D eigenvalue weighted by molar-refractivity contribution is 0.135. The molecule has 2 heteroatoms. The predicted octanol–water partition coefficient (Wildman–Crippen LogP) is -0.0233. The molecule has 0 aromatic rings. The quantitative estimate of drug-likeness (QED) is 0.479. The van der Waals surface area contributed by atoms with E-state index in [1.807, 2.05) is 0 Å². The zero-order valence-electron chi connectivity index (χ0n) is 5.51. The molecule has 2 fully saturated rings. The zero-order valence-corrected chi connectivity index (χ0v) is 5.51. The summed E-state index contributed by atoms with van der Waals surface area (Å²) in [5.41, 5.74) is 0. The van der Waals surface area contributed by atoms with E-state index in [2.05, 4.69) is 5.32 Å². The van der Waals surface area contributed by atoms with Gasteiger partial charge in [-0.1, -0.05) is 0 Å². The summed E-state index contributed by atoms with van der Waals surface area (Å²) in [5.74, 6) is 1.35. The Kier molecular flexibility index (Phi) is 1.24. The van der Waals surface area contributed by atoms with Gasteiger partial charge in [-0.2, -0.15) is 0 Å². The van der Waals surface area contributed by atoms with E-state index in [9.17, 15) is 5.11 Å². The van der Waals surface area contributed by atoms with Gasteiger partial charge < -0.3 is 10.4 Å². The first kappa shape index (κ1) is 5.69. The van der Waals surface area contributed by atoms with Crippen molar-refractivity contribution in [2.24, 2.45) is 11.8 Å². The van der Waals surface area contributed by atoms with Gasteiger partial charge in [0, 0.05) is 6.54 Å². The second-order valence-electron chi connectivity index (χ2n) is 3.32. The number of piperidine rings is 1. The fourth-order valence-corrected chi connectivity index (χ4v) is 2.07. The Hall–Kier alpha value is -0.0800. The Balaban J connectivity index is 2.07. The minimum absolute atomic E-state index is 0.00463. The molecule has 0 amide bonds. The van der Waals surface area contributed by atoms with Crippen molar-refractivity contribution in [2.75, 3.05) is 13.1 Å². The molecule has 0 unspecified atom stereocenters. The largest absolute Gasteiger partial charge is 0.393 e. The molecule has 2 rings (SSSR count). The fraction of sp³-hybridized carbons (Fsp3) is 1.00. The number of hydrogen-bond donors (Lipinski definition) is 2. The molecule has 1 saturated carbocycles. The van der Waals surface area contributed by atoms with Crippen LogP contribution in [0.15, 0.2) is 0 Å². The van der Waals surface area contributed by atoms with Crippen LogP contribution < -0.4 is 5.32 Å². The zero-order chi connectivity index (χ0) is 6.27. The lowest BCUT2D eigenvalue weighted by Crippen LogP contribution is -2.32. The van der Waals surface area contributed by atoms with Gasteiger partial charge in [0.15, 0.2) is 0 Å². The third kappa shape index (κ3) is 0.864. The van der Waals surface area contributed by atoms with E-state index in [1.54, 1.807) is 0 Å². The van der Waals surface area contributed by atoms with Crippen molar-refractivity contribution in [1.82, 2.24) is 5.32 Å². The maximum Gasteiger partial charge on any atom is 0.0583 e. The molecule has 0 aromatic carbocycles. The van der Waals surface area contributed by atoms with Crippen LogP contribution >= 0.6 is 0 Å². The van der Waals surface area contributed by atoms with Gasteiger partial charge in [0.05, 0.1) is 6.10 Å². The number of hydrogen-bond acceptors (Lipinski definition) is 2. The summed E-state index contributed by atoms with van der Waals surface area (Å²) in [6, 6.07) is 0. The molecule has 2 bridgehead atoms. The Bertz CT molecular complexity index is 113. The maximum atomic E-state index is 9.36. The van der Waals surface area contributed by atoms with Crippen molar-refractivity contribution in [3.05, 3.63) is 0 Å². The van der Waals surface area contributed by atoms with Crippen LogP contribution in [0.3, 0.4) is 0 Å². The molecule has 52 valence electrons. The monoisotopic (exact) mass is 127 g/mol. The number of fused-ring (bicyclic) bond motifs is 2. The maximum absolute atomic E-state index is 9.36. The molecule has 0 aromatic heterocycles. The van der Waals surface area contributed by atoms with Gasteiger partial charge in [0.2, 0.25) is 0 Å². The summed E-state index contributed by atoms with van der Waals surface area (Å²) in [6.07, 6.45) is 2.30. The van der Waals surface area contributed by atoms with Crippen LogP contribution in [-0.4, -0.2) is 24.3 Å². The number of aliphatic hydroxyl groups excluding tert-OH is 1. The number of nitrogens with one attached hydrogen (secondary N) is 1. The summed E-state index contributed by atoms with van der Waals surface area (Å²) in [7, 11) is 0. The first-order chi connectivity index (χ1) is 4.36. The number of rotatable bonds is 0. The lowest BCUT2D eigenvalue weighted by Gasteiger charge is -2.19. The molecule has 1 heterocycles. The Morgan fingerprint density at radius 1 is 1.22 bits per heavy atom. The predicted molar refractivity (Wildman–Crippen MR) is 35.1 cm³/mol. The van der Waals surface area contributed by atoms with Gasteiger partial charge in [-0.05, 0) is 31.2 Å². The molecule has 2 nitrogen and oxygen atoms in total. The highest BCUT2D eigenvalue weighted by Gasteiger charge is 2.35. The summed E-state index contributed by atoms with van der Waals surface area (Å²) in [4.78, 5) is 0. The van der Waals surface area contributed by atoms with Crippen LogP contribution in [-0.2, 0) is 0 Å². The van der Waals surface area contributed by atoms with Gasteiger partial charge in [0.25, 0.3) is 0 Å². The van der Waals surface area contributed by atoms with E-state index in [-0.39, 0.29) is 6.10 Å². The smallest absolute Gasteiger partial charge is 0.0583 e. The normalized spacial score (nSPS) is 49.7. The summed E-state index contributed by atoms with van der Waals surface area (Å²) < 4.78 is 0. The van der Waals surface area contributed by atoms with E-state index in [4.69, 9.17) is 0 Å². The van der Waals surface area contributed by atoms with E-state index in [1.165, 1.54) is 6.42 Å². The van der Waals surface area contributed by atoms with E-state index in [0.717, 1.165) is 25.4 Å².